The van der Waals surface area contributed by atoms with E-state index in [-0.39, 0.29) is 11.7 Å². The van der Waals surface area contributed by atoms with Crippen LogP contribution in [0.15, 0.2) is 48.5 Å². The molecule has 24 heavy (non-hydrogen) atoms. The number of hydrogen-bond acceptors (Lipinski definition) is 2. The van der Waals surface area contributed by atoms with Crippen molar-refractivity contribution >= 4 is 28.5 Å². The maximum atomic E-state index is 13.2. The van der Waals surface area contributed by atoms with Crippen LogP contribution in [-0.4, -0.2) is 16.9 Å². The molecule has 0 saturated carbocycles. The highest BCUT2D eigenvalue weighted by molar-refractivity contribution is 5.98. The van der Waals surface area contributed by atoms with Gasteiger partial charge in [0.05, 0.1) is 0 Å². The van der Waals surface area contributed by atoms with Gasteiger partial charge in [-0.1, -0.05) is 12.1 Å². The molecule has 0 fully saturated rings. The maximum absolute atomic E-state index is 13.2. The fourth-order valence-corrected chi connectivity index (χ4v) is 2.35. The molecule has 0 saturated heterocycles. The molecule has 5 N–H and O–H groups in total. The number of urea groups is 1. The van der Waals surface area contributed by atoms with Gasteiger partial charge in [0.15, 0.2) is 0 Å². The van der Waals surface area contributed by atoms with E-state index in [0.29, 0.717) is 28.8 Å². The van der Waals surface area contributed by atoms with Crippen LogP contribution >= 0.6 is 0 Å². The summed E-state index contributed by atoms with van der Waals surface area (Å²) in [7, 11) is 0. The molecule has 3 aromatic rings. The van der Waals surface area contributed by atoms with Crippen molar-refractivity contribution in [2.75, 3.05) is 5.32 Å². The largest absolute Gasteiger partial charge is 0.351 e. The van der Waals surface area contributed by atoms with E-state index in [0.717, 1.165) is 5.56 Å². The molecule has 0 atom stereocenters. The molecule has 1 heterocycles. The van der Waals surface area contributed by atoms with Crippen molar-refractivity contribution in [1.82, 2.24) is 10.3 Å². The topological polar surface area (TPSA) is 100 Å². The van der Waals surface area contributed by atoms with E-state index >= 15 is 0 Å². The van der Waals surface area contributed by atoms with Crippen molar-refractivity contribution in [2.24, 2.45) is 5.73 Å². The number of rotatable bonds is 4. The number of halogens is 1. The van der Waals surface area contributed by atoms with Gasteiger partial charge in [-0.2, -0.15) is 0 Å². The molecule has 0 radical (unpaired) electrons. The number of nitrogens with two attached hydrogens (primary N) is 1. The Morgan fingerprint density at radius 3 is 2.54 bits per heavy atom. The van der Waals surface area contributed by atoms with E-state index in [9.17, 15) is 14.0 Å². The van der Waals surface area contributed by atoms with Gasteiger partial charge < -0.3 is 21.4 Å². The molecular formula is C17H15FN4O2. The van der Waals surface area contributed by atoms with Crippen LogP contribution in [0.2, 0.25) is 0 Å². The fraction of sp³-hybridized carbons (Fsp3) is 0.0588. The van der Waals surface area contributed by atoms with Crippen LogP contribution in [0.4, 0.5) is 14.9 Å². The SMILES string of the molecule is NC(=O)Nc1ccc(CNC(=O)c2cc3cc(F)ccc3[nH]2)cc1. The molecule has 0 unspecified atom stereocenters. The zero-order chi connectivity index (χ0) is 17.1. The predicted octanol–water partition coefficient (Wildman–Crippen LogP) is 2.73. The Morgan fingerprint density at radius 1 is 1.08 bits per heavy atom. The number of aromatic nitrogens is 1. The van der Waals surface area contributed by atoms with E-state index in [1.807, 2.05) is 0 Å². The number of amides is 3. The highest BCUT2D eigenvalue weighted by Gasteiger charge is 2.09. The minimum absolute atomic E-state index is 0.286. The summed E-state index contributed by atoms with van der Waals surface area (Å²) in [5.74, 6) is -0.635. The first-order chi connectivity index (χ1) is 11.5. The van der Waals surface area contributed by atoms with Crippen LogP contribution in [0.5, 0.6) is 0 Å². The summed E-state index contributed by atoms with van der Waals surface area (Å²) in [5, 5.41) is 5.87. The minimum atomic E-state index is -0.633. The van der Waals surface area contributed by atoms with Crippen molar-refractivity contribution in [1.29, 1.82) is 0 Å². The summed E-state index contributed by atoms with van der Waals surface area (Å²) in [6.07, 6.45) is 0. The summed E-state index contributed by atoms with van der Waals surface area (Å²) in [6, 6.07) is 12.2. The van der Waals surface area contributed by atoms with E-state index < -0.39 is 6.03 Å². The zero-order valence-electron chi connectivity index (χ0n) is 12.6. The van der Waals surface area contributed by atoms with Gasteiger partial charge in [0.1, 0.15) is 11.5 Å². The number of carbonyl (C=O) groups excluding carboxylic acids is 2. The highest BCUT2D eigenvalue weighted by Crippen LogP contribution is 2.17. The molecule has 0 aliphatic heterocycles. The number of benzene rings is 2. The molecule has 0 aliphatic rings. The second kappa shape index (κ2) is 6.41. The first-order valence-electron chi connectivity index (χ1n) is 7.23. The molecule has 2 aromatic carbocycles. The molecule has 0 aliphatic carbocycles. The van der Waals surface area contributed by atoms with Crippen LogP contribution in [0, 0.1) is 5.82 Å². The molecule has 3 rings (SSSR count). The number of hydrogen-bond donors (Lipinski definition) is 4. The third kappa shape index (κ3) is 3.52. The van der Waals surface area contributed by atoms with Crippen LogP contribution < -0.4 is 16.4 Å². The van der Waals surface area contributed by atoms with Gasteiger partial charge in [0.25, 0.3) is 5.91 Å². The second-order valence-electron chi connectivity index (χ2n) is 5.28. The Hall–Kier alpha value is -3.35. The molecule has 6 nitrogen and oxygen atoms in total. The number of H-pyrrole nitrogens is 1. The molecule has 3 amide bonds. The summed E-state index contributed by atoms with van der Waals surface area (Å²) in [5.41, 5.74) is 7.53. The van der Waals surface area contributed by atoms with Crippen LogP contribution in [-0.2, 0) is 6.54 Å². The summed E-state index contributed by atoms with van der Waals surface area (Å²) in [4.78, 5) is 25.9. The number of nitrogens with one attached hydrogen (secondary N) is 3. The van der Waals surface area contributed by atoms with E-state index in [4.69, 9.17) is 5.73 Å². The standard InChI is InChI=1S/C17H15FN4O2/c18-12-3-6-14-11(7-12)8-15(22-14)16(23)20-9-10-1-4-13(5-2-10)21-17(19)24/h1-8,22H,9H2,(H,20,23)(H3,19,21,24). The smallest absolute Gasteiger partial charge is 0.316 e. The molecule has 0 spiro atoms. The lowest BCUT2D eigenvalue weighted by molar-refractivity contribution is 0.0946. The van der Waals surface area contributed by atoms with Crippen molar-refractivity contribution in [3.63, 3.8) is 0 Å². The maximum Gasteiger partial charge on any atom is 0.316 e. The third-order valence-electron chi connectivity index (χ3n) is 3.50. The van der Waals surface area contributed by atoms with Gasteiger partial charge in [-0.3, -0.25) is 4.79 Å². The number of carbonyl (C=O) groups is 2. The zero-order valence-corrected chi connectivity index (χ0v) is 12.6. The van der Waals surface area contributed by atoms with Crippen molar-refractivity contribution in [2.45, 2.75) is 6.54 Å². The van der Waals surface area contributed by atoms with E-state index in [1.165, 1.54) is 12.1 Å². The van der Waals surface area contributed by atoms with Crippen molar-refractivity contribution in [3.8, 4) is 0 Å². The molecule has 0 bridgehead atoms. The molecule has 122 valence electrons. The van der Waals surface area contributed by atoms with Crippen molar-refractivity contribution < 1.29 is 14.0 Å². The van der Waals surface area contributed by atoms with Gasteiger partial charge in [-0.15, -0.1) is 0 Å². The Bertz CT molecular complexity index is 903. The Balaban J connectivity index is 1.64. The van der Waals surface area contributed by atoms with Crippen LogP contribution in [0.3, 0.4) is 0 Å². The number of anilines is 1. The number of aromatic amines is 1. The third-order valence-corrected chi connectivity index (χ3v) is 3.50. The quantitative estimate of drug-likeness (QED) is 0.592. The molecular weight excluding hydrogens is 311 g/mol. The monoisotopic (exact) mass is 326 g/mol. The highest BCUT2D eigenvalue weighted by atomic mass is 19.1. The second-order valence-corrected chi connectivity index (χ2v) is 5.28. The lowest BCUT2D eigenvalue weighted by Gasteiger charge is -2.06. The minimum Gasteiger partial charge on any atom is -0.351 e. The Morgan fingerprint density at radius 2 is 1.83 bits per heavy atom. The van der Waals surface area contributed by atoms with Crippen molar-refractivity contribution in [3.05, 3.63) is 65.6 Å². The van der Waals surface area contributed by atoms with Crippen LogP contribution in [0.25, 0.3) is 10.9 Å². The average molecular weight is 326 g/mol. The Kier molecular flexibility index (Phi) is 4.15. The number of fused-ring (bicyclic) bond motifs is 1. The summed E-state index contributed by atoms with van der Waals surface area (Å²) >= 11 is 0. The first kappa shape index (κ1) is 15.5. The average Bonchev–Trinajstić information content (AvgIpc) is 2.96. The van der Waals surface area contributed by atoms with Crippen LogP contribution in [0.1, 0.15) is 16.1 Å². The molecule has 7 heteroatoms. The van der Waals surface area contributed by atoms with E-state index in [2.05, 4.69) is 15.6 Å². The lowest BCUT2D eigenvalue weighted by atomic mass is 10.2. The van der Waals surface area contributed by atoms with Gasteiger partial charge in [0.2, 0.25) is 0 Å². The summed E-state index contributed by atoms with van der Waals surface area (Å²) < 4.78 is 13.2. The lowest BCUT2D eigenvalue weighted by Crippen LogP contribution is -2.23. The van der Waals surface area contributed by atoms with Gasteiger partial charge >= 0.3 is 6.03 Å². The van der Waals surface area contributed by atoms with Gasteiger partial charge in [-0.25, -0.2) is 9.18 Å². The Labute approximate surface area is 136 Å². The first-order valence-corrected chi connectivity index (χ1v) is 7.23. The van der Waals surface area contributed by atoms with Gasteiger partial charge in [0, 0.05) is 23.1 Å². The predicted molar refractivity (Wildman–Crippen MR) is 89.1 cm³/mol. The van der Waals surface area contributed by atoms with E-state index in [1.54, 1.807) is 36.4 Å². The number of primary amides is 1. The van der Waals surface area contributed by atoms with Gasteiger partial charge in [-0.05, 0) is 42.0 Å². The fourth-order valence-electron chi connectivity index (χ4n) is 2.35. The summed E-state index contributed by atoms with van der Waals surface area (Å²) in [6.45, 7) is 0.319. The normalized spacial score (nSPS) is 10.5. The molecule has 1 aromatic heterocycles.